The minimum Gasteiger partial charge on any atom is -0.496 e. The molecule has 0 aliphatic rings. The minimum absolute atomic E-state index is 0.00857. The van der Waals surface area contributed by atoms with Gasteiger partial charge in [-0.25, -0.2) is 4.39 Å². The van der Waals surface area contributed by atoms with Gasteiger partial charge in [0.05, 0.1) is 25.7 Å². The summed E-state index contributed by atoms with van der Waals surface area (Å²) in [5, 5.41) is 0. The lowest BCUT2D eigenvalue weighted by Gasteiger charge is -2.19. The van der Waals surface area contributed by atoms with Gasteiger partial charge in [0.2, 0.25) is 0 Å². The molecule has 8 heteroatoms. The van der Waals surface area contributed by atoms with Crippen LogP contribution in [0.3, 0.4) is 0 Å². The molecular formula is C20H21F4NO3. The van der Waals surface area contributed by atoms with Gasteiger partial charge in [-0.05, 0) is 49.2 Å². The van der Waals surface area contributed by atoms with Crippen molar-refractivity contribution in [1.29, 1.82) is 0 Å². The van der Waals surface area contributed by atoms with Gasteiger partial charge < -0.3 is 15.2 Å². The molecule has 0 aromatic heterocycles. The molecule has 0 fully saturated rings. The summed E-state index contributed by atoms with van der Waals surface area (Å²) >= 11 is 0. The van der Waals surface area contributed by atoms with Crippen LogP contribution in [0.5, 0.6) is 5.75 Å². The van der Waals surface area contributed by atoms with Gasteiger partial charge in [0, 0.05) is 17.2 Å². The van der Waals surface area contributed by atoms with Crippen molar-refractivity contribution in [2.24, 2.45) is 5.73 Å². The van der Waals surface area contributed by atoms with Crippen molar-refractivity contribution in [3.05, 3.63) is 52.8 Å². The van der Waals surface area contributed by atoms with Gasteiger partial charge in [0.25, 0.3) is 0 Å². The van der Waals surface area contributed by atoms with E-state index in [-0.39, 0.29) is 41.0 Å². The summed E-state index contributed by atoms with van der Waals surface area (Å²) in [6.07, 6.45) is -4.94. The second kappa shape index (κ2) is 8.60. The smallest absolute Gasteiger partial charge is 0.417 e. The normalized spacial score (nSPS) is 12.6. The number of carbonyl (C=O) groups is 1. The SMILES string of the molecule is CCOC(=O)C[C@H](N)c1cc(-c2c(OC)cccc2C(F)(F)F)cc(C)c1F. The summed E-state index contributed by atoms with van der Waals surface area (Å²) in [5.74, 6) is -1.31. The average Bonchev–Trinajstić information content (AvgIpc) is 2.62. The van der Waals surface area contributed by atoms with E-state index in [2.05, 4.69) is 0 Å². The zero-order valence-corrected chi connectivity index (χ0v) is 15.7. The van der Waals surface area contributed by atoms with Crippen LogP contribution in [0.1, 0.15) is 36.1 Å². The Morgan fingerprint density at radius 2 is 1.93 bits per heavy atom. The standard InChI is InChI=1S/C20H21F4NO3/c1-4-28-17(26)10-15(25)13-9-12(8-11(2)19(13)21)18-14(20(22,23)24)6-5-7-16(18)27-3/h5-9,15H,4,10,25H2,1-3H3/t15-/m0/s1. The molecule has 0 aliphatic carbocycles. The summed E-state index contributed by atoms with van der Waals surface area (Å²) in [4.78, 5) is 11.7. The molecule has 2 aromatic rings. The van der Waals surface area contributed by atoms with Gasteiger partial charge in [-0.15, -0.1) is 0 Å². The lowest BCUT2D eigenvalue weighted by atomic mass is 9.92. The van der Waals surface area contributed by atoms with Gasteiger partial charge >= 0.3 is 12.1 Å². The molecule has 2 aromatic carbocycles. The molecule has 0 spiro atoms. The molecule has 152 valence electrons. The highest BCUT2D eigenvalue weighted by atomic mass is 19.4. The van der Waals surface area contributed by atoms with Crippen molar-refractivity contribution in [2.75, 3.05) is 13.7 Å². The Hall–Kier alpha value is -2.61. The molecule has 0 unspecified atom stereocenters. The lowest BCUT2D eigenvalue weighted by molar-refractivity contribution is -0.143. The zero-order valence-electron chi connectivity index (χ0n) is 15.7. The molecule has 4 nitrogen and oxygen atoms in total. The Balaban J connectivity index is 2.63. The number of ether oxygens (including phenoxy) is 2. The first-order chi connectivity index (χ1) is 13.1. The Kier molecular flexibility index (Phi) is 6.66. The fourth-order valence-corrected chi connectivity index (χ4v) is 2.96. The van der Waals surface area contributed by atoms with E-state index in [1.165, 1.54) is 38.3 Å². The number of hydrogen-bond acceptors (Lipinski definition) is 4. The third-order valence-electron chi connectivity index (χ3n) is 4.21. The number of hydrogen-bond donors (Lipinski definition) is 1. The summed E-state index contributed by atoms with van der Waals surface area (Å²) in [6, 6.07) is 5.00. The number of benzene rings is 2. The Bertz CT molecular complexity index is 865. The third kappa shape index (κ3) is 4.62. The van der Waals surface area contributed by atoms with Crippen LogP contribution in [0.25, 0.3) is 11.1 Å². The predicted molar refractivity (Wildman–Crippen MR) is 96.3 cm³/mol. The van der Waals surface area contributed by atoms with Gasteiger partial charge in [-0.3, -0.25) is 4.79 Å². The number of methoxy groups -OCH3 is 1. The molecule has 0 saturated carbocycles. The van der Waals surface area contributed by atoms with Crippen molar-refractivity contribution in [3.63, 3.8) is 0 Å². The molecule has 0 radical (unpaired) electrons. The number of esters is 1. The Labute approximate surface area is 160 Å². The summed E-state index contributed by atoms with van der Waals surface area (Å²) in [5.41, 5.74) is 4.94. The molecule has 2 rings (SSSR count). The highest BCUT2D eigenvalue weighted by Gasteiger charge is 2.35. The number of nitrogens with two attached hydrogens (primary N) is 1. The topological polar surface area (TPSA) is 61.5 Å². The number of halogens is 4. The first-order valence-electron chi connectivity index (χ1n) is 8.55. The van der Waals surface area contributed by atoms with Crippen molar-refractivity contribution in [3.8, 4) is 16.9 Å². The van der Waals surface area contributed by atoms with Gasteiger partial charge in [0.15, 0.2) is 0 Å². The van der Waals surface area contributed by atoms with Crippen LogP contribution in [0.4, 0.5) is 17.6 Å². The van der Waals surface area contributed by atoms with E-state index in [0.29, 0.717) is 0 Å². The molecular weight excluding hydrogens is 378 g/mol. The minimum atomic E-state index is -4.64. The third-order valence-corrected chi connectivity index (χ3v) is 4.21. The van der Waals surface area contributed by atoms with Crippen molar-refractivity contribution in [2.45, 2.75) is 32.5 Å². The van der Waals surface area contributed by atoms with Crippen molar-refractivity contribution < 1.29 is 31.8 Å². The first-order valence-corrected chi connectivity index (χ1v) is 8.55. The van der Waals surface area contributed by atoms with E-state index in [0.717, 1.165) is 6.07 Å². The molecule has 0 bridgehead atoms. The summed E-state index contributed by atoms with van der Waals surface area (Å²) in [7, 11) is 1.25. The van der Waals surface area contributed by atoms with E-state index in [9.17, 15) is 22.4 Å². The van der Waals surface area contributed by atoms with E-state index < -0.39 is 29.6 Å². The number of carbonyl (C=O) groups excluding carboxylic acids is 1. The lowest BCUT2D eigenvalue weighted by Crippen LogP contribution is -2.19. The van der Waals surface area contributed by atoms with Crippen LogP contribution in [0.2, 0.25) is 0 Å². The molecule has 0 aliphatic heterocycles. The Morgan fingerprint density at radius 1 is 1.25 bits per heavy atom. The summed E-state index contributed by atoms with van der Waals surface area (Å²) in [6.45, 7) is 3.18. The fraction of sp³-hybridized carbons (Fsp3) is 0.350. The van der Waals surface area contributed by atoms with E-state index in [4.69, 9.17) is 15.2 Å². The molecule has 28 heavy (non-hydrogen) atoms. The monoisotopic (exact) mass is 399 g/mol. The fourth-order valence-electron chi connectivity index (χ4n) is 2.96. The molecule has 1 atom stereocenters. The van der Waals surface area contributed by atoms with E-state index in [1.807, 2.05) is 0 Å². The van der Waals surface area contributed by atoms with Crippen LogP contribution in [-0.4, -0.2) is 19.7 Å². The van der Waals surface area contributed by atoms with Crippen molar-refractivity contribution >= 4 is 5.97 Å². The number of rotatable bonds is 6. The second-order valence-corrected chi connectivity index (χ2v) is 6.19. The van der Waals surface area contributed by atoms with Gasteiger partial charge in [-0.2, -0.15) is 13.2 Å². The van der Waals surface area contributed by atoms with Gasteiger partial charge in [0.1, 0.15) is 11.6 Å². The number of aryl methyl sites for hydroxylation is 1. The largest absolute Gasteiger partial charge is 0.496 e. The Morgan fingerprint density at radius 3 is 2.50 bits per heavy atom. The average molecular weight is 399 g/mol. The highest BCUT2D eigenvalue weighted by molar-refractivity contribution is 5.76. The zero-order chi connectivity index (χ0) is 21.1. The van der Waals surface area contributed by atoms with Crippen LogP contribution < -0.4 is 10.5 Å². The molecule has 0 saturated heterocycles. The molecule has 0 amide bonds. The molecule has 2 N–H and O–H groups in total. The van der Waals surface area contributed by atoms with Crippen LogP contribution >= 0.6 is 0 Å². The van der Waals surface area contributed by atoms with Gasteiger partial charge in [-0.1, -0.05) is 6.07 Å². The predicted octanol–water partition coefficient (Wildman–Crippen LogP) is 4.78. The number of alkyl halides is 3. The highest BCUT2D eigenvalue weighted by Crippen LogP contribution is 2.43. The quantitative estimate of drug-likeness (QED) is 0.561. The van der Waals surface area contributed by atoms with E-state index in [1.54, 1.807) is 6.92 Å². The van der Waals surface area contributed by atoms with Crippen LogP contribution in [0.15, 0.2) is 30.3 Å². The maximum Gasteiger partial charge on any atom is 0.417 e. The van der Waals surface area contributed by atoms with Crippen LogP contribution in [-0.2, 0) is 15.7 Å². The molecule has 0 heterocycles. The van der Waals surface area contributed by atoms with E-state index >= 15 is 0 Å². The second-order valence-electron chi connectivity index (χ2n) is 6.19. The maximum absolute atomic E-state index is 14.6. The summed E-state index contributed by atoms with van der Waals surface area (Å²) < 4.78 is 65.1. The van der Waals surface area contributed by atoms with Crippen LogP contribution in [0, 0.1) is 12.7 Å². The first kappa shape index (κ1) is 21.7. The maximum atomic E-state index is 14.6. The van der Waals surface area contributed by atoms with Crippen molar-refractivity contribution in [1.82, 2.24) is 0 Å².